The van der Waals surface area contributed by atoms with Crippen molar-refractivity contribution in [2.75, 3.05) is 11.9 Å². The Morgan fingerprint density at radius 3 is 2.68 bits per heavy atom. The van der Waals surface area contributed by atoms with E-state index in [0.29, 0.717) is 5.82 Å². The molecule has 0 amide bonds. The number of aryl methyl sites for hydroxylation is 1. The normalized spacial score (nSPS) is 10.2. The van der Waals surface area contributed by atoms with Crippen LogP contribution in [0.3, 0.4) is 0 Å². The molecule has 2 rings (SSSR count). The first-order chi connectivity index (χ1) is 9.16. The number of hydrogen-bond acceptors (Lipinski definition) is 4. The van der Waals surface area contributed by atoms with Gasteiger partial charge in [0.2, 0.25) is 0 Å². The van der Waals surface area contributed by atoms with E-state index in [9.17, 15) is 10.1 Å². The topological polar surface area (TPSA) is 68.1 Å². The second-order valence-corrected chi connectivity index (χ2v) is 4.26. The summed E-state index contributed by atoms with van der Waals surface area (Å²) in [4.78, 5) is 14.0. The van der Waals surface area contributed by atoms with Gasteiger partial charge >= 0.3 is 0 Å². The molecule has 0 aliphatic rings. The molecule has 2 aromatic rings. The molecule has 1 aromatic heterocycles. The Bertz CT molecular complexity index is 567. The maximum atomic E-state index is 10.5. The SMILES string of the molecule is Cc1ccccc1CCNc1ccc([N+](=O)[O-])cn1. The molecule has 0 radical (unpaired) electrons. The number of pyridine rings is 1. The Hall–Kier alpha value is -2.43. The molecule has 0 saturated carbocycles. The molecule has 0 atom stereocenters. The van der Waals surface area contributed by atoms with Crippen molar-refractivity contribution >= 4 is 11.5 Å². The van der Waals surface area contributed by atoms with Gasteiger partial charge in [-0.3, -0.25) is 10.1 Å². The summed E-state index contributed by atoms with van der Waals surface area (Å²) in [5.74, 6) is 0.652. The number of nitrogens with one attached hydrogen (secondary N) is 1. The lowest BCUT2D eigenvalue weighted by Gasteiger charge is -2.07. The van der Waals surface area contributed by atoms with E-state index >= 15 is 0 Å². The molecule has 0 aliphatic carbocycles. The van der Waals surface area contributed by atoms with Crippen molar-refractivity contribution in [1.82, 2.24) is 4.98 Å². The van der Waals surface area contributed by atoms with E-state index in [-0.39, 0.29) is 5.69 Å². The van der Waals surface area contributed by atoms with Crippen molar-refractivity contribution in [3.8, 4) is 0 Å². The van der Waals surface area contributed by atoms with Gasteiger partial charge in [0, 0.05) is 12.6 Å². The van der Waals surface area contributed by atoms with Gasteiger partial charge in [0.25, 0.3) is 5.69 Å². The predicted molar refractivity (Wildman–Crippen MR) is 74.3 cm³/mol. The molecule has 0 fully saturated rings. The number of nitrogens with zero attached hydrogens (tertiary/aromatic N) is 2. The van der Waals surface area contributed by atoms with Gasteiger partial charge in [-0.1, -0.05) is 24.3 Å². The minimum Gasteiger partial charge on any atom is -0.370 e. The van der Waals surface area contributed by atoms with Crippen molar-refractivity contribution in [3.63, 3.8) is 0 Å². The third kappa shape index (κ3) is 3.51. The second-order valence-electron chi connectivity index (χ2n) is 4.26. The van der Waals surface area contributed by atoms with Crippen LogP contribution in [0.1, 0.15) is 11.1 Å². The van der Waals surface area contributed by atoms with Crippen LogP contribution in [0.2, 0.25) is 0 Å². The zero-order valence-corrected chi connectivity index (χ0v) is 10.7. The van der Waals surface area contributed by atoms with E-state index < -0.39 is 4.92 Å². The summed E-state index contributed by atoms with van der Waals surface area (Å²) in [6, 6.07) is 11.3. The lowest BCUT2D eigenvalue weighted by Crippen LogP contribution is -2.07. The molecule has 0 unspecified atom stereocenters. The first kappa shape index (κ1) is 13.0. The summed E-state index contributed by atoms with van der Waals surface area (Å²) in [6.07, 6.45) is 2.15. The molecule has 1 aromatic carbocycles. The van der Waals surface area contributed by atoms with Crippen molar-refractivity contribution < 1.29 is 4.92 Å². The lowest BCUT2D eigenvalue weighted by atomic mass is 10.1. The predicted octanol–water partition coefficient (Wildman–Crippen LogP) is 2.95. The summed E-state index contributed by atoms with van der Waals surface area (Å²) in [5, 5.41) is 13.6. The van der Waals surface area contributed by atoms with Gasteiger partial charge in [0.1, 0.15) is 12.0 Å². The average Bonchev–Trinajstić information content (AvgIpc) is 2.41. The number of hydrogen-bond donors (Lipinski definition) is 1. The molecule has 0 spiro atoms. The van der Waals surface area contributed by atoms with E-state index in [0.717, 1.165) is 13.0 Å². The van der Waals surface area contributed by atoms with Crippen molar-refractivity contribution in [1.29, 1.82) is 0 Å². The average molecular weight is 257 g/mol. The third-order valence-electron chi connectivity index (χ3n) is 2.92. The van der Waals surface area contributed by atoms with E-state index in [1.54, 1.807) is 6.07 Å². The molecular weight excluding hydrogens is 242 g/mol. The first-order valence-corrected chi connectivity index (χ1v) is 6.05. The van der Waals surface area contributed by atoms with Crippen molar-refractivity contribution in [2.24, 2.45) is 0 Å². The van der Waals surface area contributed by atoms with Crippen molar-refractivity contribution in [3.05, 3.63) is 63.8 Å². The summed E-state index contributed by atoms with van der Waals surface area (Å²) in [7, 11) is 0. The number of anilines is 1. The number of aromatic nitrogens is 1. The van der Waals surface area contributed by atoms with Crippen LogP contribution in [0, 0.1) is 17.0 Å². The van der Waals surface area contributed by atoms with Crippen LogP contribution in [0.15, 0.2) is 42.6 Å². The second kappa shape index (κ2) is 5.95. The Morgan fingerprint density at radius 1 is 1.26 bits per heavy atom. The van der Waals surface area contributed by atoms with Gasteiger partial charge in [0.05, 0.1) is 4.92 Å². The van der Waals surface area contributed by atoms with Gasteiger partial charge in [-0.2, -0.15) is 0 Å². The van der Waals surface area contributed by atoms with Gasteiger partial charge in [-0.15, -0.1) is 0 Å². The van der Waals surface area contributed by atoms with Gasteiger partial charge in [-0.05, 0) is 30.5 Å². The highest BCUT2D eigenvalue weighted by molar-refractivity contribution is 5.40. The molecule has 19 heavy (non-hydrogen) atoms. The molecule has 0 saturated heterocycles. The maximum Gasteiger partial charge on any atom is 0.287 e. The van der Waals surface area contributed by atoms with E-state index in [2.05, 4.69) is 29.4 Å². The standard InChI is InChI=1S/C14H15N3O2/c1-11-4-2-3-5-12(11)8-9-15-14-7-6-13(10-16-14)17(18)19/h2-7,10H,8-9H2,1H3,(H,15,16). The Labute approximate surface area is 111 Å². The minimum absolute atomic E-state index is 0.00412. The van der Waals surface area contributed by atoms with Gasteiger partial charge in [-0.25, -0.2) is 4.98 Å². The monoisotopic (exact) mass is 257 g/mol. The van der Waals surface area contributed by atoms with Crippen LogP contribution < -0.4 is 5.32 Å². The number of nitro groups is 1. The van der Waals surface area contributed by atoms with E-state index in [1.807, 2.05) is 12.1 Å². The first-order valence-electron chi connectivity index (χ1n) is 6.05. The molecule has 5 nitrogen and oxygen atoms in total. The van der Waals surface area contributed by atoms with E-state index in [4.69, 9.17) is 0 Å². The number of benzene rings is 1. The van der Waals surface area contributed by atoms with Gasteiger partial charge in [0.15, 0.2) is 0 Å². The largest absolute Gasteiger partial charge is 0.370 e. The summed E-state index contributed by atoms with van der Waals surface area (Å²) in [6.45, 7) is 2.83. The minimum atomic E-state index is -0.454. The van der Waals surface area contributed by atoms with Crippen LogP contribution in [0.4, 0.5) is 11.5 Å². The summed E-state index contributed by atoms with van der Waals surface area (Å²) >= 11 is 0. The Kier molecular flexibility index (Phi) is 4.07. The van der Waals surface area contributed by atoms with Crippen LogP contribution in [-0.2, 0) is 6.42 Å². The summed E-state index contributed by atoms with van der Waals surface area (Å²) < 4.78 is 0. The zero-order chi connectivity index (χ0) is 13.7. The van der Waals surface area contributed by atoms with Crippen molar-refractivity contribution in [2.45, 2.75) is 13.3 Å². The van der Waals surface area contributed by atoms with Crippen LogP contribution in [-0.4, -0.2) is 16.5 Å². The van der Waals surface area contributed by atoms with Crippen LogP contribution in [0.5, 0.6) is 0 Å². The highest BCUT2D eigenvalue weighted by Crippen LogP contribution is 2.12. The fourth-order valence-corrected chi connectivity index (χ4v) is 1.81. The molecule has 1 heterocycles. The quantitative estimate of drug-likeness (QED) is 0.660. The maximum absolute atomic E-state index is 10.5. The highest BCUT2D eigenvalue weighted by Gasteiger charge is 2.04. The fourth-order valence-electron chi connectivity index (χ4n) is 1.81. The zero-order valence-electron chi connectivity index (χ0n) is 10.7. The third-order valence-corrected chi connectivity index (χ3v) is 2.92. The molecule has 0 aliphatic heterocycles. The highest BCUT2D eigenvalue weighted by atomic mass is 16.6. The molecule has 5 heteroatoms. The smallest absolute Gasteiger partial charge is 0.287 e. The molecule has 0 bridgehead atoms. The number of rotatable bonds is 5. The summed E-state index contributed by atoms with van der Waals surface area (Å²) in [5.41, 5.74) is 2.56. The van der Waals surface area contributed by atoms with Crippen LogP contribution in [0.25, 0.3) is 0 Å². The molecule has 98 valence electrons. The van der Waals surface area contributed by atoms with Crippen LogP contribution >= 0.6 is 0 Å². The fraction of sp³-hybridized carbons (Fsp3) is 0.214. The van der Waals surface area contributed by atoms with E-state index in [1.165, 1.54) is 23.4 Å². The molecule has 1 N–H and O–H groups in total. The Morgan fingerprint density at radius 2 is 2.05 bits per heavy atom. The molecular formula is C14H15N3O2. The lowest BCUT2D eigenvalue weighted by molar-refractivity contribution is -0.385. The Balaban J connectivity index is 1.89. The van der Waals surface area contributed by atoms with Gasteiger partial charge < -0.3 is 5.32 Å².